The van der Waals surface area contributed by atoms with Crippen molar-refractivity contribution in [1.82, 2.24) is 10.6 Å². The van der Waals surface area contributed by atoms with Crippen molar-refractivity contribution in [1.29, 1.82) is 0 Å². The number of esters is 2. The van der Waals surface area contributed by atoms with Crippen LogP contribution in [-0.4, -0.2) is 65.0 Å². The number of benzene rings is 1. The maximum atomic E-state index is 12.3. The molecule has 1 aromatic rings. The Hall–Kier alpha value is -3.59. The Balaban J connectivity index is 0.00000961. The second kappa shape index (κ2) is 13.7. The molecule has 14 nitrogen and oxygen atoms in total. The van der Waals surface area contributed by atoms with Gasteiger partial charge in [-0.25, -0.2) is 4.79 Å². The number of halogens is 1. The zero-order chi connectivity index (χ0) is 23.6. The highest BCUT2D eigenvalue weighted by Crippen LogP contribution is 2.17. The van der Waals surface area contributed by atoms with Gasteiger partial charge in [0.25, 0.3) is 5.69 Å². The molecule has 0 spiro atoms. The highest BCUT2D eigenvalue weighted by molar-refractivity contribution is 8.93. The van der Waals surface area contributed by atoms with Gasteiger partial charge in [0.15, 0.2) is 0 Å². The summed E-state index contributed by atoms with van der Waals surface area (Å²) in [6.07, 6.45) is -0.699. The Morgan fingerprint density at radius 2 is 1.75 bits per heavy atom. The molecule has 0 aromatic heterocycles. The molecule has 176 valence electrons. The second-order valence-corrected chi connectivity index (χ2v) is 6.01. The quantitative estimate of drug-likeness (QED) is 0.120. The summed E-state index contributed by atoms with van der Waals surface area (Å²) in [6, 6.07) is 1.69. The number of carbonyl (C=O) groups is 5. The van der Waals surface area contributed by atoms with Gasteiger partial charge >= 0.3 is 17.9 Å². The Bertz CT molecular complexity index is 861. The third-order valence-corrected chi connectivity index (χ3v) is 3.50. The maximum absolute atomic E-state index is 12.3. The lowest BCUT2D eigenvalue weighted by Gasteiger charge is -2.19. The number of aliphatic carboxylic acids is 1. The van der Waals surface area contributed by atoms with Gasteiger partial charge in [0.2, 0.25) is 11.8 Å². The lowest BCUT2D eigenvalue weighted by Crippen LogP contribution is -2.54. The number of rotatable bonds is 11. The monoisotopic (exact) mass is 520 g/mol. The molecule has 1 aromatic carbocycles. The molecular weight excluding hydrogens is 500 g/mol. The molecule has 2 amide bonds. The standard InChI is InChI=1S/C17H20N4O10.BrH/c1-9(22)30-8-13(20-16(26)12(18)6-14(23)24)17(27)19-7-15(25)31-11-4-2-10(3-5-11)21(28)29;/h2-5,12-13H,6-8,18H2,1H3,(H,19,27)(H,20,26)(H,23,24);1H. The van der Waals surface area contributed by atoms with Gasteiger partial charge in [-0.2, -0.15) is 0 Å². The van der Waals surface area contributed by atoms with E-state index in [4.69, 9.17) is 15.6 Å². The van der Waals surface area contributed by atoms with E-state index in [1.165, 1.54) is 12.1 Å². The maximum Gasteiger partial charge on any atom is 0.330 e. The van der Waals surface area contributed by atoms with E-state index in [9.17, 15) is 34.1 Å². The number of carbonyl (C=O) groups excluding carboxylic acids is 4. The van der Waals surface area contributed by atoms with Crippen molar-refractivity contribution < 1.29 is 43.5 Å². The van der Waals surface area contributed by atoms with Gasteiger partial charge in [-0.05, 0) is 12.1 Å². The van der Waals surface area contributed by atoms with Crippen molar-refractivity contribution in [3.05, 3.63) is 34.4 Å². The van der Waals surface area contributed by atoms with Gasteiger partial charge < -0.3 is 30.9 Å². The van der Waals surface area contributed by atoms with Crippen LogP contribution in [0.3, 0.4) is 0 Å². The second-order valence-electron chi connectivity index (χ2n) is 6.01. The molecule has 5 N–H and O–H groups in total. The Morgan fingerprint density at radius 3 is 2.25 bits per heavy atom. The zero-order valence-electron chi connectivity index (χ0n) is 16.6. The van der Waals surface area contributed by atoms with Crippen molar-refractivity contribution in [3.8, 4) is 5.75 Å². The average Bonchev–Trinajstić information content (AvgIpc) is 2.68. The summed E-state index contributed by atoms with van der Waals surface area (Å²) in [5, 5.41) is 23.6. The highest BCUT2D eigenvalue weighted by atomic mass is 79.9. The number of hydrogen-bond donors (Lipinski definition) is 4. The number of nitrogens with two attached hydrogens (primary N) is 1. The molecule has 15 heteroatoms. The molecule has 0 saturated heterocycles. The Kier molecular flexibility index (Phi) is 12.1. The molecule has 0 bridgehead atoms. The fourth-order valence-corrected chi connectivity index (χ4v) is 2.03. The number of nitrogens with zero attached hydrogens (tertiary/aromatic N) is 1. The summed E-state index contributed by atoms with van der Waals surface area (Å²) < 4.78 is 9.58. The van der Waals surface area contributed by atoms with Crippen molar-refractivity contribution >= 4 is 52.4 Å². The molecule has 0 radical (unpaired) electrons. The number of carboxylic acid groups (broad SMARTS) is 1. The molecule has 0 fully saturated rings. The predicted molar refractivity (Wildman–Crippen MR) is 111 cm³/mol. The van der Waals surface area contributed by atoms with E-state index >= 15 is 0 Å². The predicted octanol–water partition coefficient (Wildman–Crippen LogP) is -0.956. The van der Waals surface area contributed by atoms with Gasteiger partial charge in [0.1, 0.15) is 24.9 Å². The van der Waals surface area contributed by atoms with Gasteiger partial charge in [-0.15, -0.1) is 17.0 Å². The van der Waals surface area contributed by atoms with Gasteiger partial charge in [0.05, 0.1) is 17.4 Å². The van der Waals surface area contributed by atoms with E-state index in [-0.39, 0.29) is 28.4 Å². The van der Waals surface area contributed by atoms with Gasteiger partial charge in [-0.1, -0.05) is 0 Å². The lowest BCUT2D eigenvalue weighted by atomic mass is 10.2. The summed E-state index contributed by atoms with van der Waals surface area (Å²) in [6.45, 7) is -0.179. The topological polar surface area (TPSA) is 217 Å². The summed E-state index contributed by atoms with van der Waals surface area (Å²) >= 11 is 0. The van der Waals surface area contributed by atoms with Crippen molar-refractivity contribution in [2.24, 2.45) is 5.73 Å². The number of nitrogens with one attached hydrogen (secondary N) is 2. The minimum atomic E-state index is -1.46. The van der Waals surface area contributed by atoms with Gasteiger partial charge in [0, 0.05) is 19.1 Å². The largest absolute Gasteiger partial charge is 0.481 e. The minimum absolute atomic E-state index is 0. The lowest BCUT2D eigenvalue weighted by molar-refractivity contribution is -0.384. The molecule has 2 unspecified atom stereocenters. The first-order valence-electron chi connectivity index (χ1n) is 8.63. The molecule has 1 rings (SSSR count). The first-order valence-corrected chi connectivity index (χ1v) is 8.63. The SMILES string of the molecule is Br.CC(=O)OCC(NC(=O)C(N)CC(=O)O)C(=O)NCC(=O)Oc1ccc([N+](=O)[O-])cc1. The van der Waals surface area contributed by atoms with Crippen molar-refractivity contribution in [3.63, 3.8) is 0 Å². The summed E-state index contributed by atoms with van der Waals surface area (Å²) in [7, 11) is 0. The van der Waals surface area contributed by atoms with Crippen LogP contribution in [-0.2, 0) is 28.7 Å². The molecule has 0 aliphatic carbocycles. The van der Waals surface area contributed by atoms with E-state index in [0.717, 1.165) is 19.1 Å². The van der Waals surface area contributed by atoms with E-state index < -0.39 is 66.3 Å². The van der Waals surface area contributed by atoms with Crippen molar-refractivity contribution in [2.45, 2.75) is 25.4 Å². The summed E-state index contributed by atoms with van der Waals surface area (Å²) in [5.74, 6) is -4.94. The first-order chi connectivity index (χ1) is 14.5. The number of carboxylic acids is 1. The van der Waals surface area contributed by atoms with E-state index in [0.29, 0.717) is 0 Å². The Labute approximate surface area is 191 Å². The third-order valence-electron chi connectivity index (χ3n) is 3.50. The van der Waals surface area contributed by atoms with Crippen LogP contribution in [0.15, 0.2) is 24.3 Å². The van der Waals surface area contributed by atoms with Crippen LogP contribution < -0.4 is 21.1 Å². The first kappa shape index (κ1) is 28.4. The van der Waals surface area contributed by atoms with Crippen LogP contribution in [0.1, 0.15) is 13.3 Å². The Morgan fingerprint density at radius 1 is 1.16 bits per heavy atom. The molecule has 32 heavy (non-hydrogen) atoms. The number of nitro groups is 1. The molecule has 0 saturated carbocycles. The fraction of sp³-hybridized carbons (Fsp3) is 0.353. The number of amides is 2. The summed E-state index contributed by atoms with van der Waals surface area (Å²) in [5.41, 5.74) is 5.20. The third kappa shape index (κ3) is 10.4. The highest BCUT2D eigenvalue weighted by Gasteiger charge is 2.26. The van der Waals surface area contributed by atoms with Crippen LogP contribution in [0.2, 0.25) is 0 Å². The molecule has 0 aliphatic rings. The molecular formula is C17H21BrN4O10. The van der Waals surface area contributed by atoms with E-state index in [2.05, 4.69) is 15.4 Å². The zero-order valence-corrected chi connectivity index (χ0v) is 18.4. The fourth-order valence-electron chi connectivity index (χ4n) is 2.03. The smallest absolute Gasteiger partial charge is 0.330 e. The van der Waals surface area contributed by atoms with Crippen LogP contribution in [0, 0.1) is 10.1 Å². The van der Waals surface area contributed by atoms with Crippen LogP contribution in [0.5, 0.6) is 5.75 Å². The van der Waals surface area contributed by atoms with Crippen LogP contribution in [0.25, 0.3) is 0 Å². The van der Waals surface area contributed by atoms with Crippen molar-refractivity contribution in [2.75, 3.05) is 13.2 Å². The normalized spacial score (nSPS) is 11.7. The van der Waals surface area contributed by atoms with E-state index in [1.807, 2.05) is 0 Å². The summed E-state index contributed by atoms with van der Waals surface area (Å²) in [4.78, 5) is 67.6. The van der Waals surface area contributed by atoms with Gasteiger partial charge in [-0.3, -0.25) is 29.3 Å². The number of ether oxygens (including phenoxy) is 2. The minimum Gasteiger partial charge on any atom is -0.481 e. The number of hydrogen-bond acceptors (Lipinski definition) is 10. The average molecular weight is 521 g/mol. The molecule has 0 heterocycles. The van der Waals surface area contributed by atoms with Crippen LogP contribution in [0.4, 0.5) is 5.69 Å². The van der Waals surface area contributed by atoms with Crippen LogP contribution >= 0.6 is 17.0 Å². The molecule has 2 atom stereocenters. The molecule has 0 aliphatic heterocycles. The number of nitro benzene ring substituents is 1. The van der Waals surface area contributed by atoms with E-state index in [1.54, 1.807) is 0 Å². The number of non-ortho nitro benzene ring substituents is 1.